The van der Waals surface area contributed by atoms with Gasteiger partial charge in [-0.15, -0.1) is 0 Å². The van der Waals surface area contributed by atoms with Gasteiger partial charge in [0.05, 0.1) is 0 Å². The molecule has 4 heteroatoms. The van der Waals surface area contributed by atoms with E-state index in [1.54, 1.807) is 13.8 Å². The maximum Gasteiger partial charge on any atom is 0.189 e. The van der Waals surface area contributed by atoms with Crippen molar-refractivity contribution in [3.63, 3.8) is 0 Å². The topological polar surface area (TPSA) is 58.9 Å². The fourth-order valence-corrected chi connectivity index (χ4v) is 1.13. The zero-order valence-electron chi connectivity index (χ0n) is 7.87. The molecule has 0 spiro atoms. The molecule has 1 rings (SSSR count). The minimum absolute atomic E-state index is 0.538. The summed E-state index contributed by atoms with van der Waals surface area (Å²) in [6.07, 6.45) is -1.08. The van der Waals surface area contributed by atoms with Gasteiger partial charge in [0.25, 0.3) is 0 Å². The summed E-state index contributed by atoms with van der Waals surface area (Å²) in [5.74, 6) is -2.64. The Morgan fingerprint density at radius 1 is 0.917 bits per heavy atom. The van der Waals surface area contributed by atoms with Gasteiger partial charge >= 0.3 is 0 Å². The van der Waals surface area contributed by atoms with Crippen LogP contribution in [0.3, 0.4) is 0 Å². The van der Waals surface area contributed by atoms with Crippen LogP contribution in [0.5, 0.6) is 0 Å². The predicted octanol–water partition coefficient (Wildman–Crippen LogP) is 0.227. The summed E-state index contributed by atoms with van der Waals surface area (Å²) in [5, 5.41) is 19.2. The van der Waals surface area contributed by atoms with Crippen molar-refractivity contribution in [3.8, 4) is 0 Å². The van der Waals surface area contributed by atoms with Gasteiger partial charge in [-0.05, 0) is 27.7 Å². The van der Waals surface area contributed by atoms with E-state index in [0.29, 0.717) is 0 Å². The minimum atomic E-state index is -1.32. The number of hydrogen-bond acceptors (Lipinski definition) is 4. The molecular weight excluding hydrogens is 160 g/mol. The van der Waals surface area contributed by atoms with Gasteiger partial charge in [-0.25, -0.2) is 0 Å². The molecule has 0 saturated carbocycles. The van der Waals surface area contributed by atoms with Crippen LogP contribution >= 0.6 is 0 Å². The standard InChI is InChI=1S/C8H16O4/c1-5-7(3,9)12-6(2)8(4,10)11-5/h5-6,9-10H,1-4H3. The van der Waals surface area contributed by atoms with Crippen molar-refractivity contribution >= 4 is 0 Å². The first-order valence-electron chi connectivity index (χ1n) is 4.06. The number of aliphatic hydroxyl groups is 2. The SMILES string of the molecule is CC1OC(C)(O)C(C)OC1(C)O. The molecule has 1 aliphatic heterocycles. The third-order valence-electron chi connectivity index (χ3n) is 2.34. The molecule has 4 unspecified atom stereocenters. The molecule has 0 aromatic rings. The van der Waals surface area contributed by atoms with E-state index in [1.165, 1.54) is 13.8 Å². The van der Waals surface area contributed by atoms with Crippen molar-refractivity contribution < 1.29 is 19.7 Å². The predicted molar refractivity (Wildman–Crippen MR) is 42.3 cm³/mol. The molecular formula is C8H16O4. The Labute approximate surface area is 72.1 Å². The van der Waals surface area contributed by atoms with E-state index in [4.69, 9.17) is 9.47 Å². The maximum atomic E-state index is 9.59. The van der Waals surface area contributed by atoms with Crippen molar-refractivity contribution in [2.24, 2.45) is 0 Å². The van der Waals surface area contributed by atoms with Crippen molar-refractivity contribution in [1.29, 1.82) is 0 Å². The van der Waals surface area contributed by atoms with Crippen LogP contribution in [0, 0.1) is 0 Å². The first-order chi connectivity index (χ1) is 5.26. The molecule has 4 nitrogen and oxygen atoms in total. The number of hydrogen-bond donors (Lipinski definition) is 2. The van der Waals surface area contributed by atoms with Gasteiger partial charge in [0.1, 0.15) is 12.2 Å². The molecule has 0 aromatic carbocycles. The highest BCUT2D eigenvalue weighted by molar-refractivity contribution is 4.83. The third-order valence-corrected chi connectivity index (χ3v) is 2.34. The molecule has 72 valence electrons. The smallest absolute Gasteiger partial charge is 0.189 e. The van der Waals surface area contributed by atoms with Gasteiger partial charge in [-0.1, -0.05) is 0 Å². The summed E-state index contributed by atoms with van der Waals surface area (Å²) in [6.45, 7) is 6.34. The van der Waals surface area contributed by atoms with Crippen LogP contribution in [-0.4, -0.2) is 34.0 Å². The first kappa shape index (κ1) is 9.92. The molecule has 1 aliphatic rings. The molecule has 4 atom stereocenters. The summed E-state index contributed by atoms with van der Waals surface area (Å²) in [7, 11) is 0. The lowest BCUT2D eigenvalue weighted by molar-refractivity contribution is -0.406. The Morgan fingerprint density at radius 3 is 1.42 bits per heavy atom. The lowest BCUT2D eigenvalue weighted by Crippen LogP contribution is -2.59. The number of rotatable bonds is 0. The average molecular weight is 176 g/mol. The zero-order chi connectivity index (χ0) is 9.57. The van der Waals surface area contributed by atoms with Crippen molar-refractivity contribution in [1.82, 2.24) is 0 Å². The monoisotopic (exact) mass is 176 g/mol. The van der Waals surface area contributed by atoms with Crippen LogP contribution in [0.4, 0.5) is 0 Å². The van der Waals surface area contributed by atoms with E-state index in [0.717, 1.165) is 0 Å². The Kier molecular flexibility index (Phi) is 2.21. The highest BCUT2D eigenvalue weighted by atomic mass is 16.7. The Hall–Kier alpha value is -0.160. The summed E-state index contributed by atoms with van der Waals surface area (Å²) >= 11 is 0. The van der Waals surface area contributed by atoms with Gasteiger partial charge in [-0.3, -0.25) is 0 Å². The second kappa shape index (κ2) is 2.67. The van der Waals surface area contributed by atoms with Gasteiger partial charge in [0.2, 0.25) is 0 Å². The average Bonchev–Trinajstić information content (AvgIpc) is 1.82. The van der Waals surface area contributed by atoms with E-state index in [2.05, 4.69) is 0 Å². The normalized spacial score (nSPS) is 55.5. The van der Waals surface area contributed by atoms with E-state index in [1.807, 2.05) is 0 Å². The van der Waals surface area contributed by atoms with Gasteiger partial charge < -0.3 is 19.7 Å². The van der Waals surface area contributed by atoms with Crippen molar-refractivity contribution in [3.05, 3.63) is 0 Å². The van der Waals surface area contributed by atoms with Crippen LogP contribution in [0.25, 0.3) is 0 Å². The second-order valence-electron chi connectivity index (χ2n) is 3.63. The van der Waals surface area contributed by atoms with Gasteiger partial charge in [0.15, 0.2) is 11.6 Å². The Morgan fingerprint density at radius 2 is 1.17 bits per heavy atom. The van der Waals surface area contributed by atoms with Crippen LogP contribution < -0.4 is 0 Å². The van der Waals surface area contributed by atoms with Crippen LogP contribution in [0.2, 0.25) is 0 Å². The Balaban J connectivity index is 2.76. The molecule has 1 fully saturated rings. The van der Waals surface area contributed by atoms with E-state index in [-0.39, 0.29) is 0 Å². The summed E-state index contributed by atoms with van der Waals surface area (Å²) < 4.78 is 10.4. The van der Waals surface area contributed by atoms with Gasteiger partial charge in [0, 0.05) is 0 Å². The molecule has 0 bridgehead atoms. The van der Waals surface area contributed by atoms with Crippen molar-refractivity contribution in [2.75, 3.05) is 0 Å². The number of ether oxygens (including phenoxy) is 2. The summed E-state index contributed by atoms with van der Waals surface area (Å²) in [5.41, 5.74) is 0. The molecule has 0 aromatic heterocycles. The fraction of sp³-hybridized carbons (Fsp3) is 1.00. The van der Waals surface area contributed by atoms with E-state index in [9.17, 15) is 10.2 Å². The summed E-state index contributed by atoms with van der Waals surface area (Å²) in [6, 6.07) is 0. The Bertz CT molecular complexity index is 156. The van der Waals surface area contributed by atoms with Gasteiger partial charge in [-0.2, -0.15) is 0 Å². The lowest BCUT2D eigenvalue weighted by Gasteiger charge is -2.46. The molecule has 1 heterocycles. The summed E-state index contributed by atoms with van der Waals surface area (Å²) in [4.78, 5) is 0. The third kappa shape index (κ3) is 1.61. The largest absolute Gasteiger partial charge is 0.364 e. The molecule has 0 aliphatic carbocycles. The lowest BCUT2D eigenvalue weighted by atomic mass is 10.1. The van der Waals surface area contributed by atoms with Crippen LogP contribution in [0.1, 0.15) is 27.7 Å². The van der Waals surface area contributed by atoms with Crippen LogP contribution in [-0.2, 0) is 9.47 Å². The highest BCUT2D eigenvalue weighted by Crippen LogP contribution is 2.31. The molecule has 0 radical (unpaired) electrons. The highest BCUT2D eigenvalue weighted by Gasteiger charge is 2.47. The van der Waals surface area contributed by atoms with Crippen LogP contribution in [0.15, 0.2) is 0 Å². The minimum Gasteiger partial charge on any atom is -0.364 e. The molecule has 12 heavy (non-hydrogen) atoms. The zero-order valence-corrected chi connectivity index (χ0v) is 7.87. The van der Waals surface area contributed by atoms with Crippen molar-refractivity contribution in [2.45, 2.75) is 51.5 Å². The first-order valence-corrected chi connectivity index (χ1v) is 4.06. The molecule has 0 amide bonds. The fourth-order valence-electron chi connectivity index (χ4n) is 1.13. The van der Waals surface area contributed by atoms with E-state index >= 15 is 0 Å². The molecule has 2 N–H and O–H groups in total. The maximum absolute atomic E-state index is 9.59. The second-order valence-corrected chi connectivity index (χ2v) is 3.63. The quantitative estimate of drug-likeness (QED) is 0.554. The molecule has 1 saturated heterocycles. The van der Waals surface area contributed by atoms with E-state index < -0.39 is 23.8 Å².